The van der Waals surface area contributed by atoms with Crippen molar-refractivity contribution in [1.82, 2.24) is 5.32 Å². The van der Waals surface area contributed by atoms with Crippen LogP contribution in [-0.4, -0.2) is 18.7 Å². The van der Waals surface area contributed by atoms with E-state index in [1.54, 1.807) is 0 Å². The normalized spacial score (nSPS) is 13.5. The van der Waals surface area contributed by atoms with Crippen LogP contribution in [0.25, 0.3) is 0 Å². The lowest BCUT2D eigenvalue weighted by molar-refractivity contribution is 0.0464. The third kappa shape index (κ3) is 6.74. The molecule has 1 atom stereocenters. The van der Waals surface area contributed by atoms with Crippen LogP contribution in [0.2, 0.25) is 0 Å². The van der Waals surface area contributed by atoms with Gasteiger partial charge in [-0.1, -0.05) is 43.2 Å². The molecule has 0 amide bonds. The molecule has 1 aromatic carbocycles. The third-order valence-electron chi connectivity index (χ3n) is 3.05. The molecule has 0 bridgehead atoms. The molecule has 0 spiro atoms. The van der Waals surface area contributed by atoms with Crippen LogP contribution in [0, 0.1) is 6.92 Å². The van der Waals surface area contributed by atoms with Crippen molar-refractivity contribution >= 4 is 0 Å². The maximum absolute atomic E-state index is 6.06. The van der Waals surface area contributed by atoms with Crippen LogP contribution in [0.5, 0.6) is 0 Å². The Morgan fingerprint density at radius 2 is 2.00 bits per heavy atom. The van der Waals surface area contributed by atoms with Crippen LogP contribution >= 0.6 is 0 Å². The Bertz CT molecular complexity index is 368. The molecule has 0 aliphatic rings. The lowest BCUT2D eigenvalue weighted by Gasteiger charge is -2.26. The third-order valence-corrected chi connectivity index (χ3v) is 3.05. The summed E-state index contributed by atoms with van der Waals surface area (Å²) in [5.41, 5.74) is 2.68. The summed E-state index contributed by atoms with van der Waals surface area (Å²) in [6.45, 7) is 12.6. The van der Waals surface area contributed by atoms with E-state index >= 15 is 0 Å². The van der Waals surface area contributed by atoms with E-state index in [-0.39, 0.29) is 11.6 Å². The Kier molecular flexibility index (Phi) is 6.53. The fourth-order valence-electron chi connectivity index (χ4n) is 1.91. The Hall–Kier alpha value is -0.860. The zero-order chi connectivity index (χ0) is 14.3. The van der Waals surface area contributed by atoms with E-state index in [0.29, 0.717) is 0 Å². The molecule has 1 unspecified atom stereocenters. The quantitative estimate of drug-likeness (QED) is 0.743. The molecular formula is C17H29NO. The zero-order valence-corrected chi connectivity index (χ0v) is 13.1. The molecule has 2 heteroatoms. The Labute approximate surface area is 118 Å². The van der Waals surface area contributed by atoms with Gasteiger partial charge in [0.1, 0.15) is 0 Å². The second-order valence-corrected chi connectivity index (χ2v) is 6.26. The van der Waals surface area contributed by atoms with Crippen molar-refractivity contribution in [1.29, 1.82) is 0 Å². The van der Waals surface area contributed by atoms with E-state index in [9.17, 15) is 0 Å². The minimum absolute atomic E-state index is 0.121. The number of nitrogens with one attached hydrogen (secondary N) is 1. The molecule has 0 heterocycles. The van der Waals surface area contributed by atoms with E-state index in [2.05, 4.69) is 64.2 Å². The highest BCUT2D eigenvalue weighted by Gasteiger charge is 2.16. The minimum Gasteiger partial charge on any atom is -0.372 e. The number of aryl methyl sites for hydroxylation is 1. The van der Waals surface area contributed by atoms with Crippen LogP contribution in [-0.2, 0) is 4.74 Å². The highest BCUT2D eigenvalue weighted by molar-refractivity contribution is 5.24. The summed E-state index contributed by atoms with van der Waals surface area (Å²) in [7, 11) is 0. The second kappa shape index (κ2) is 7.66. The molecule has 0 saturated heterocycles. The van der Waals surface area contributed by atoms with Gasteiger partial charge in [-0.15, -0.1) is 0 Å². The van der Waals surface area contributed by atoms with E-state index in [1.165, 1.54) is 17.5 Å². The van der Waals surface area contributed by atoms with Crippen molar-refractivity contribution in [3.63, 3.8) is 0 Å². The lowest BCUT2D eigenvalue weighted by atomic mass is 10.0. The van der Waals surface area contributed by atoms with Crippen molar-refractivity contribution in [2.75, 3.05) is 13.2 Å². The Morgan fingerprint density at radius 3 is 2.58 bits per heavy atom. The summed E-state index contributed by atoms with van der Waals surface area (Å²) in [6.07, 6.45) is 2.44. The fraction of sp³-hybridized carbons (Fsp3) is 0.647. The van der Waals surface area contributed by atoms with Gasteiger partial charge in [0, 0.05) is 18.7 Å². The molecule has 108 valence electrons. The van der Waals surface area contributed by atoms with E-state index in [0.717, 1.165) is 19.6 Å². The number of rotatable bonds is 7. The van der Waals surface area contributed by atoms with Gasteiger partial charge in [-0.3, -0.25) is 0 Å². The van der Waals surface area contributed by atoms with E-state index in [1.807, 2.05) is 0 Å². The maximum Gasteiger partial charge on any atom is 0.0949 e. The van der Waals surface area contributed by atoms with Crippen LogP contribution < -0.4 is 5.32 Å². The second-order valence-electron chi connectivity index (χ2n) is 6.26. The van der Waals surface area contributed by atoms with Gasteiger partial charge in [0.25, 0.3) is 0 Å². The predicted molar refractivity (Wildman–Crippen MR) is 82.5 cm³/mol. The van der Waals surface area contributed by atoms with Crippen molar-refractivity contribution in [2.45, 2.75) is 59.1 Å². The molecule has 0 aliphatic carbocycles. The summed E-state index contributed by atoms with van der Waals surface area (Å²) in [5.74, 6) is 0. The molecule has 2 nitrogen and oxygen atoms in total. The van der Waals surface area contributed by atoms with Gasteiger partial charge in [0.15, 0.2) is 0 Å². The van der Waals surface area contributed by atoms with Gasteiger partial charge in [0.05, 0.1) is 6.10 Å². The number of benzene rings is 1. The number of ether oxygens (including phenoxy) is 1. The molecule has 0 saturated carbocycles. The summed E-state index contributed by atoms with van der Waals surface area (Å²) in [5, 5.41) is 3.54. The van der Waals surface area contributed by atoms with E-state index < -0.39 is 0 Å². The van der Waals surface area contributed by atoms with E-state index in [4.69, 9.17) is 4.74 Å². The molecule has 0 aliphatic heterocycles. The van der Waals surface area contributed by atoms with Crippen molar-refractivity contribution in [3.05, 3.63) is 35.4 Å². The van der Waals surface area contributed by atoms with Gasteiger partial charge in [-0.25, -0.2) is 0 Å². The summed E-state index contributed by atoms with van der Waals surface area (Å²) < 4.78 is 6.06. The van der Waals surface area contributed by atoms with Gasteiger partial charge >= 0.3 is 0 Å². The first-order valence-corrected chi connectivity index (χ1v) is 7.35. The van der Waals surface area contributed by atoms with Crippen molar-refractivity contribution in [3.8, 4) is 0 Å². The molecule has 0 radical (unpaired) electrons. The lowest BCUT2D eigenvalue weighted by Crippen LogP contribution is -2.39. The van der Waals surface area contributed by atoms with Gasteiger partial charge in [0.2, 0.25) is 0 Å². The number of unbranched alkanes of at least 4 members (excludes halogenated alkanes) is 1. The molecule has 1 rings (SSSR count). The molecule has 1 N–H and O–H groups in total. The topological polar surface area (TPSA) is 21.3 Å². The highest BCUT2D eigenvalue weighted by atomic mass is 16.5. The SMILES string of the molecule is CCCCOC(CNC(C)(C)C)c1cccc(C)c1. The maximum atomic E-state index is 6.06. The average Bonchev–Trinajstić information content (AvgIpc) is 2.32. The summed E-state index contributed by atoms with van der Waals surface area (Å²) >= 11 is 0. The van der Waals surface area contributed by atoms with Gasteiger partial charge < -0.3 is 10.1 Å². The summed E-state index contributed by atoms with van der Waals surface area (Å²) in [4.78, 5) is 0. The van der Waals surface area contributed by atoms with Crippen molar-refractivity contribution in [2.24, 2.45) is 0 Å². The first-order valence-electron chi connectivity index (χ1n) is 7.35. The Morgan fingerprint density at radius 1 is 1.26 bits per heavy atom. The molecule has 19 heavy (non-hydrogen) atoms. The molecule has 0 fully saturated rings. The van der Waals surface area contributed by atoms with Crippen LogP contribution in [0.3, 0.4) is 0 Å². The average molecular weight is 263 g/mol. The minimum atomic E-state index is 0.121. The van der Waals surface area contributed by atoms with Gasteiger partial charge in [-0.05, 0) is 39.7 Å². The van der Waals surface area contributed by atoms with Crippen molar-refractivity contribution < 1.29 is 4.74 Å². The molecule has 1 aromatic rings. The largest absolute Gasteiger partial charge is 0.372 e. The number of hydrogen-bond donors (Lipinski definition) is 1. The number of hydrogen-bond acceptors (Lipinski definition) is 2. The highest BCUT2D eigenvalue weighted by Crippen LogP contribution is 2.19. The predicted octanol–water partition coefficient (Wildman–Crippen LogP) is 4.24. The fourth-order valence-corrected chi connectivity index (χ4v) is 1.91. The standard InChI is InChI=1S/C17H29NO/c1-6-7-11-19-16(13-18-17(3,4)5)15-10-8-9-14(2)12-15/h8-10,12,16,18H,6-7,11,13H2,1-5H3. The van der Waals surface area contributed by atoms with Crippen LogP contribution in [0.1, 0.15) is 57.8 Å². The molecular weight excluding hydrogens is 234 g/mol. The Balaban J connectivity index is 2.68. The molecule has 0 aromatic heterocycles. The van der Waals surface area contributed by atoms with Crippen LogP contribution in [0.4, 0.5) is 0 Å². The zero-order valence-electron chi connectivity index (χ0n) is 13.1. The van der Waals surface area contributed by atoms with Gasteiger partial charge in [-0.2, -0.15) is 0 Å². The first kappa shape index (κ1) is 16.2. The first-order chi connectivity index (χ1) is 8.92. The van der Waals surface area contributed by atoms with Crippen LogP contribution in [0.15, 0.2) is 24.3 Å². The smallest absolute Gasteiger partial charge is 0.0949 e. The monoisotopic (exact) mass is 263 g/mol. The summed E-state index contributed by atoms with van der Waals surface area (Å²) in [6, 6.07) is 8.62.